The van der Waals surface area contributed by atoms with Gasteiger partial charge in [0.05, 0.1) is 22.8 Å². The molecule has 234 valence electrons. The van der Waals surface area contributed by atoms with Gasteiger partial charge in [0.1, 0.15) is 0 Å². The largest absolute Gasteiger partial charge is 0.243 e. The number of hydrogen-bond acceptors (Lipinski definition) is 2. The molecule has 1 aromatic heterocycles. The molecule has 0 bridgehead atoms. The number of nitrogens with zero attached hydrogens (tertiary/aromatic N) is 2. The molecule has 0 atom stereocenters. The first-order chi connectivity index (χ1) is 24.8. The fraction of sp³-hybridized carbons (Fsp3) is 0. The lowest BCUT2D eigenvalue weighted by atomic mass is 9.86. The highest BCUT2D eigenvalue weighted by atomic mass is 14.9. The van der Waals surface area contributed by atoms with Crippen LogP contribution in [0.3, 0.4) is 0 Å². The summed E-state index contributed by atoms with van der Waals surface area (Å²) in [6.45, 7) is 0. The van der Waals surface area contributed by atoms with Crippen molar-refractivity contribution in [2.75, 3.05) is 0 Å². The van der Waals surface area contributed by atoms with Crippen molar-refractivity contribution in [3.8, 4) is 67.3 Å². The van der Waals surface area contributed by atoms with E-state index in [1.165, 1.54) is 43.8 Å². The topological polar surface area (TPSA) is 25.8 Å². The molecule has 0 spiro atoms. The van der Waals surface area contributed by atoms with Gasteiger partial charge in [0.25, 0.3) is 0 Å². The Morgan fingerprint density at radius 3 is 0.740 bits per heavy atom. The summed E-state index contributed by atoms with van der Waals surface area (Å²) < 4.78 is 0. The summed E-state index contributed by atoms with van der Waals surface area (Å²) in [4.78, 5) is 10.9. The maximum absolute atomic E-state index is 5.45. The molecule has 0 radical (unpaired) electrons. The van der Waals surface area contributed by atoms with Crippen molar-refractivity contribution in [2.24, 2.45) is 0 Å². The van der Waals surface area contributed by atoms with Crippen LogP contribution in [-0.2, 0) is 0 Å². The summed E-state index contributed by atoms with van der Waals surface area (Å²) in [6, 6.07) is 68.4. The standard InChI is InChI=1S/C48H32N2/c1-5-17-33(18-6-1)43-39-25-13-15-27-41(39)44(42-28-16-14-26-40(42)43)34-29-31-38(32-30-34)48-47(37-23-11-4-12-24-37)49-45(35-19-7-2-8-20-35)46(50-48)36-21-9-3-10-22-36/h1-32H. The molecule has 0 N–H and O–H groups in total. The molecule has 0 aliphatic carbocycles. The van der Waals surface area contributed by atoms with Crippen LogP contribution in [0.15, 0.2) is 194 Å². The van der Waals surface area contributed by atoms with Crippen LogP contribution in [0.1, 0.15) is 0 Å². The number of hydrogen-bond donors (Lipinski definition) is 0. The highest BCUT2D eigenvalue weighted by Gasteiger charge is 2.20. The minimum atomic E-state index is 0.857. The summed E-state index contributed by atoms with van der Waals surface area (Å²) in [7, 11) is 0. The molecule has 0 unspecified atom stereocenters. The summed E-state index contributed by atoms with van der Waals surface area (Å²) >= 11 is 0. The Bertz CT molecular complexity index is 2540. The first kappa shape index (κ1) is 29.5. The molecular weight excluding hydrogens is 605 g/mol. The van der Waals surface area contributed by atoms with Gasteiger partial charge in [-0.05, 0) is 43.8 Å². The Hall–Kier alpha value is -6.64. The van der Waals surface area contributed by atoms with Crippen LogP contribution in [0.5, 0.6) is 0 Å². The molecule has 0 aliphatic rings. The zero-order valence-corrected chi connectivity index (χ0v) is 27.4. The Labute approximate surface area is 292 Å². The molecule has 2 heteroatoms. The Kier molecular flexibility index (Phi) is 7.53. The third-order valence-electron chi connectivity index (χ3n) is 9.48. The third kappa shape index (κ3) is 5.24. The van der Waals surface area contributed by atoms with Crippen molar-refractivity contribution in [1.82, 2.24) is 9.97 Å². The zero-order chi connectivity index (χ0) is 33.3. The fourth-order valence-electron chi connectivity index (χ4n) is 7.18. The van der Waals surface area contributed by atoms with E-state index in [1.54, 1.807) is 0 Å². The van der Waals surface area contributed by atoms with Crippen LogP contribution in [0.4, 0.5) is 0 Å². The van der Waals surface area contributed by atoms with Crippen molar-refractivity contribution in [3.63, 3.8) is 0 Å². The second-order valence-electron chi connectivity index (χ2n) is 12.5. The zero-order valence-electron chi connectivity index (χ0n) is 27.4. The summed E-state index contributed by atoms with van der Waals surface area (Å²) in [5.74, 6) is 0. The van der Waals surface area contributed by atoms with Crippen LogP contribution < -0.4 is 0 Å². The van der Waals surface area contributed by atoms with E-state index in [-0.39, 0.29) is 0 Å². The quantitative estimate of drug-likeness (QED) is 0.170. The average Bonchev–Trinajstić information content (AvgIpc) is 3.21. The predicted octanol–water partition coefficient (Wildman–Crippen LogP) is 12.8. The molecule has 0 fully saturated rings. The lowest BCUT2D eigenvalue weighted by Crippen LogP contribution is -2.00. The van der Waals surface area contributed by atoms with Crippen LogP contribution >= 0.6 is 0 Å². The lowest BCUT2D eigenvalue weighted by Gasteiger charge is -2.18. The Morgan fingerprint density at radius 1 is 0.200 bits per heavy atom. The number of fused-ring (bicyclic) bond motifs is 2. The molecule has 0 amide bonds. The van der Waals surface area contributed by atoms with Crippen molar-refractivity contribution in [2.45, 2.75) is 0 Å². The van der Waals surface area contributed by atoms with Crippen molar-refractivity contribution in [1.29, 1.82) is 0 Å². The molecule has 0 aliphatic heterocycles. The van der Waals surface area contributed by atoms with Gasteiger partial charge in [-0.25, -0.2) is 9.97 Å². The van der Waals surface area contributed by atoms with Gasteiger partial charge in [0, 0.05) is 22.3 Å². The van der Waals surface area contributed by atoms with Gasteiger partial charge < -0.3 is 0 Å². The van der Waals surface area contributed by atoms with E-state index in [0.717, 1.165) is 45.0 Å². The van der Waals surface area contributed by atoms with E-state index in [1.807, 2.05) is 18.2 Å². The molecule has 50 heavy (non-hydrogen) atoms. The molecule has 0 saturated heterocycles. The smallest absolute Gasteiger partial charge is 0.0973 e. The van der Waals surface area contributed by atoms with E-state index in [4.69, 9.17) is 9.97 Å². The van der Waals surface area contributed by atoms with Crippen LogP contribution in [0.2, 0.25) is 0 Å². The van der Waals surface area contributed by atoms with Gasteiger partial charge in [0.2, 0.25) is 0 Å². The first-order valence-corrected chi connectivity index (χ1v) is 17.0. The van der Waals surface area contributed by atoms with Crippen molar-refractivity contribution < 1.29 is 0 Å². The van der Waals surface area contributed by atoms with Gasteiger partial charge >= 0.3 is 0 Å². The number of aromatic nitrogens is 2. The van der Waals surface area contributed by atoms with E-state index >= 15 is 0 Å². The fourth-order valence-corrected chi connectivity index (χ4v) is 7.18. The maximum atomic E-state index is 5.45. The van der Waals surface area contributed by atoms with Crippen LogP contribution in [0.25, 0.3) is 88.8 Å². The van der Waals surface area contributed by atoms with Gasteiger partial charge in [-0.1, -0.05) is 194 Å². The van der Waals surface area contributed by atoms with E-state index in [0.29, 0.717) is 0 Å². The molecule has 2 nitrogen and oxygen atoms in total. The van der Waals surface area contributed by atoms with E-state index in [2.05, 4.69) is 176 Å². The molecular formula is C48H32N2. The Balaban J connectivity index is 1.26. The van der Waals surface area contributed by atoms with Crippen LogP contribution in [0, 0.1) is 0 Å². The molecule has 9 rings (SSSR count). The average molecular weight is 637 g/mol. The highest BCUT2D eigenvalue weighted by molar-refractivity contribution is 6.21. The molecule has 8 aromatic carbocycles. The predicted molar refractivity (Wildman–Crippen MR) is 210 cm³/mol. The van der Waals surface area contributed by atoms with Crippen LogP contribution in [-0.4, -0.2) is 9.97 Å². The monoisotopic (exact) mass is 636 g/mol. The molecule has 9 aromatic rings. The maximum Gasteiger partial charge on any atom is 0.0973 e. The minimum absolute atomic E-state index is 0.857. The van der Waals surface area contributed by atoms with E-state index in [9.17, 15) is 0 Å². The van der Waals surface area contributed by atoms with E-state index < -0.39 is 0 Å². The van der Waals surface area contributed by atoms with Gasteiger partial charge in [0.15, 0.2) is 0 Å². The first-order valence-electron chi connectivity index (χ1n) is 17.0. The minimum Gasteiger partial charge on any atom is -0.243 e. The molecule has 0 saturated carbocycles. The second kappa shape index (κ2) is 12.8. The third-order valence-corrected chi connectivity index (χ3v) is 9.48. The number of benzene rings is 8. The summed E-state index contributed by atoms with van der Waals surface area (Å²) in [5, 5.41) is 4.97. The highest BCUT2D eigenvalue weighted by Crippen LogP contribution is 2.44. The summed E-state index contributed by atoms with van der Waals surface area (Å²) in [5.41, 5.74) is 12.5. The summed E-state index contributed by atoms with van der Waals surface area (Å²) in [6.07, 6.45) is 0. The normalized spacial score (nSPS) is 11.2. The van der Waals surface area contributed by atoms with Gasteiger partial charge in [-0.3, -0.25) is 0 Å². The Morgan fingerprint density at radius 2 is 0.420 bits per heavy atom. The van der Waals surface area contributed by atoms with Gasteiger partial charge in [-0.15, -0.1) is 0 Å². The van der Waals surface area contributed by atoms with Gasteiger partial charge in [-0.2, -0.15) is 0 Å². The lowest BCUT2D eigenvalue weighted by molar-refractivity contribution is 1.21. The second-order valence-corrected chi connectivity index (χ2v) is 12.5. The number of rotatable bonds is 6. The SMILES string of the molecule is c1ccc(-c2nc(-c3ccccc3)c(-c3ccc(-c4c5ccccc5c(-c5ccccc5)c5ccccc45)cc3)nc2-c2ccccc2)cc1. The van der Waals surface area contributed by atoms with Crippen molar-refractivity contribution >= 4 is 21.5 Å². The molecule has 1 heterocycles. The van der Waals surface area contributed by atoms with Crippen molar-refractivity contribution in [3.05, 3.63) is 194 Å².